The molecule has 0 radical (unpaired) electrons. The largest absolute Gasteiger partial charge is 0.497 e. The van der Waals surface area contributed by atoms with Crippen molar-refractivity contribution in [2.24, 2.45) is 0 Å². The minimum atomic E-state index is -0.682. The first-order chi connectivity index (χ1) is 13.1. The maximum Gasteiger partial charge on any atom is 0.358 e. The minimum Gasteiger partial charge on any atom is -0.497 e. The van der Waals surface area contributed by atoms with Crippen LogP contribution in [0.5, 0.6) is 5.75 Å². The highest BCUT2D eigenvalue weighted by atomic mass is 35.5. The molecule has 3 aromatic rings. The first-order valence-electron chi connectivity index (χ1n) is 7.74. The molecule has 0 spiro atoms. The molecule has 7 nitrogen and oxygen atoms in total. The van der Waals surface area contributed by atoms with Gasteiger partial charge < -0.3 is 14.8 Å². The second kappa shape index (κ2) is 8.61. The van der Waals surface area contributed by atoms with E-state index in [2.05, 4.69) is 15.3 Å². The van der Waals surface area contributed by atoms with Gasteiger partial charge in [-0.05, 0) is 36.4 Å². The summed E-state index contributed by atoms with van der Waals surface area (Å²) in [5, 5.41) is 4.92. The molecular formula is C18H14ClN3O4S. The molecule has 1 aromatic carbocycles. The van der Waals surface area contributed by atoms with Crippen LogP contribution in [0.4, 0.5) is 5.69 Å². The predicted octanol–water partition coefficient (Wildman–Crippen LogP) is 3.66. The summed E-state index contributed by atoms with van der Waals surface area (Å²) < 4.78 is 10.1. The highest BCUT2D eigenvalue weighted by Gasteiger charge is 2.15. The first kappa shape index (κ1) is 18.8. The van der Waals surface area contributed by atoms with Gasteiger partial charge in [-0.25, -0.2) is 14.8 Å². The maximum absolute atomic E-state index is 12.1. The molecule has 1 N–H and O–H groups in total. The van der Waals surface area contributed by atoms with Crippen molar-refractivity contribution in [2.75, 3.05) is 19.0 Å². The summed E-state index contributed by atoms with van der Waals surface area (Å²) in [7, 11) is 1.59. The van der Waals surface area contributed by atoms with Gasteiger partial charge in [0.1, 0.15) is 10.8 Å². The number of anilines is 1. The molecule has 27 heavy (non-hydrogen) atoms. The SMILES string of the molecule is COc1ccc(-c2nc(C(=O)OCC(=O)Nc3cccnc3Cl)cs2)cc1. The number of pyridine rings is 1. The van der Waals surface area contributed by atoms with Gasteiger partial charge in [0, 0.05) is 17.1 Å². The second-order valence-electron chi connectivity index (χ2n) is 5.23. The van der Waals surface area contributed by atoms with E-state index >= 15 is 0 Å². The first-order valence-corrected chi connectivity index (χ1v) is 9.00. The van der Waals surface area contributed by atoms with Crippen LogP contribution in [0.15, 0.2) is 48.0 Å². The van der Waals surface area contributed by atoms with Crippen molar-refractivity contribution in [3.05, 3.63) is 58.8 Å². The van der Waals surface area contributed by atoms with E-state index in [1.54, 1.807) is 24.6 Å². The molecule has 0 aliphatic heterocycles. The lowest BCUT2D eigenvalue weighted by molar-refractivity contribution is -0.119. The van der Waals surface area contributed by atoms with E-state index < -0.39 is 18.5 Å². The Kier molecular flexibility index (Phi) is 6.00. The van der Waals surface area contributed by atoms with Crippen LogP contribution in [-0.4, -0.2) is 35.6 Å². The number of halogens is 1. The number of thiazole rings is 1. The Morgan fingerprint density at radius 1 is 1.22 bits per heavy atom. The number of esters is 1. The number of amides is 1. The van der Waals surface area contributed by atoms with E-state index in [1.165, 1.54) is 17.5 Å². The predicted molar refractivity (Wildman–Crippen MR) is 102 cm³/mol. The minimum absolute atomic E-state index is 0.137. The molecule has 0 atom stereocenters. The summed E-state index contributed by atoms with van der Waals surface area (Å²) in [5.74, 6) is -0.475. The molecule has 0 aliphatic rings. The number of rotatable bonds is 6. The Morgan fingerprint density at radius 3 is 2.70 bits per heavy atom. The van der Waals surface area contributed by atoms with E-state index in [4.69, 9.17) is 21.1 Å². The van der Waals surface area contributed by atoms with E-state index in [0.29, 0.717) is 10.7 Å². The Morgan fingerprint density at radius 2 is 2.00 bits per heavy atom. The van der Waals surface area contributed by atoms with Gasteiger partial charge in [-0.2, -0.15) is 0 Å². The number of hydrogen-bond acceptors (Lipinski definition) is 7. The zero-order chi connectivity index (χ0) is 19.2. The topological polar surface area (TPSA) is 90.4 Å². The van der Waals surface area contributed by atoms with Crippen molar-refractivity contribution in [2.45, 2.75) is 0 Å². The van der Waals surface area contributed by atoms with E-state index in [0.717, 1.165) is 11.3 Å². The van der Waals surface area contributed by atoms with Gasteiger partial charge in [0.25, 0.3) is 5.91 Å². The van der Waals surface area contributed by atoms with Crippen LogP contribution in [0.1, 0.15) is 10.5 Å². The number of benzene rings is 1. The molecule has 0 aliphatic carbocycles. The lowest BCUT2D eigenvalue weighted by Crippen LogP contribution is -2.21. The van der Waals surface area contributed by atoms with Gasteiger partial charge in [-0.3, -0.25) is 4.79 Å². The van der Waals surface area contributed by atoms with Gasteiger partial charge >= 0.3 is 5.97 Å². The Hall–Kier alpha value is -2.97. The zero-order valence-corrected chi connectivity index (χ0v) is 15.7. The molecule has 0 unspecified atom stereocenters. The summed E-state index contributed by atoms with van der Waals surface area (Å²) in [6.45, 7) is -0.459. The Balaban J connectivity index is 1.57. The van der Waals surface area contributed by atoms with Crippen LogP contribution < -0.4 is 10.1 Å². The highest BCUT2D eigenvalue weighted by Crippen LogP contribution is 2.26. The van der Waals surface area contributed by atoms with Crippen molar-refractivity contribution >= 4 is 40.5 Å². The van der Waals surface area contributed by atoms with Gasteiger partial charge in [0.15, 0.2) is 17.5 Å². The Labute approximate surface area is 163 Å². The number of carbonyl (C=O) groups is 2. The summed E-state index contributed by atoms with van der Waals surface area (Å²) in [5.41, 5.74) is 1.33. The molecule has 0 saturated carbocycles. The van der Waals surface area contributed by atoms with E-state index in [-0.39, 0.29) is 10.8 Å². The number of nitrogens with one attached hydrogen (secondary N) is 1. The number of carbonyl (C=O) groups excluding carboxylic acids is 2. The fourth-order valence-corrected chi connectivity index (χ4v) is 3.07. The van der Waals surface area contributed by atoms with E-state index in [9.17, 15) is 9.59 Å². The molecule has 9 heteroatoms. The average molecular weight is 404 g/mol. The maximum atomic E-state index is 12.1. The van der Waals surface area contributed by atoms with E-state index in [1.807, 2.05) is 24.3 Å². The molecular weight excluding hydrogens is 390 g/mol. The second-order valence-corrected chi connectivity index (χ2v) is 6.45. The summed E-state index contributed by atoms with van der Waals surface area (Å²) in [6, 6.07) is 10.5. The van der Waals surface area contributed by atoms with Crippen LogP contribution in [-0.2, 0) is 9.53 Å². The van der Waals surface area contributed by atoms with Crippen LogP contribution >= 0.6 is 22.9 Å². The normalized spacial score (nSPS) is 10.3. The Bertz CT molecular complexity index is 959. The monoisotopic (exact) mass is 403 g/mol. The third-order valence-corrected chi connectivity index (χ3v) is 4.61. The highest BCUT2D eigenvalue weighted by molar-refractivity contribution is 7.13. The molecule has 2 heterocycles. The van der Waals surface area contributed by atoms with Gasteiger partial charge in [-0.15, -0.1) is 11.3 Å². The lowest BCUT2D eigenvalue weighted by Gasteiger charge is -2.06. The van der Waals surface area contributed by atoms with Gasteiger partial charge in [0.05, 0.1) is 12.8 Å². The standard InChI is InChI=1S/C18H14ClN3O4S/c1-25-12-6-4-11(5-7-12)17-22-14(10-27-17)18(24)26-9-15(23)21-13-3-2-8-20-16(13)19/h2-8,10H,9H2,1H3,(H,21,23). The lowest BCUT2D eigenvalue weighted by atomic mass is 10.2. The summed E-state index contributed by atoms with van der Waals surface area (Å²) in [4.78, 5) is 32.1. The number of ether oxygens (including phenoxy) is 2. The van der Waals surface area contributed by atoms with Crippen LogP contribution in [0, 0.1) is 0 Å². The van der Waals surface area contributed by atoms with Crippen LogP contribution in [0.25, 0.3) is 10.6 Å². The molecule has 2 aromatic heterocycles. The number of methoxy groups -OCH3 is 1. The zero-order valence-electron chi connectivity index (χ0n) is 14.1. The fourth-order valence-electron chi connectivity index (χ4n) is 2.10. The fraction of sp³-hybridized carbons (Fsp3) is 0.111. The third kappa shape index (κ3) is 4.81. The molecule has 0 fully saturated rings. The number of nitrogens with zero attached hydrogens (tertiary/aromatic N) is 2. The quantitative estimate of drug-likeness (QED) is 0.499. The molecule has 3 rings (SSSR count). The smallest absolute Gasteiger partial charge is 0.358 e. The molecule has 138 valence electrons. The van der Waals surface area contributed by atoms with Gasteiger partial charge in [-0.1, -0.05) is 11.6 Å². The van der Waals surface area contributed by atoms with Gasteiger partial charge in [0.2, 0.25) is 0 Å². The van der Waals surface area contributed by atoms with Crippen molar-refractivity contribution < 1.29 is 19.1 Å². The summed E-state index contributed by atoms with van der Waals surface area (Å²) in [6.07, 6.45) is 1.50. The number of hydrogen-bond donors (Lipinski definition) is 1. The molecule has 1 amide bonds. The van der Waals surface area contributed by atoms with Crippen molar-refractivity contribution in [3.8, 4) is 16.3 Å². The third-order valence-electron chi connectivity index (χ3n) is 3.42. The van der Waals surface area contributed by atoms with Crippen molar-refractivity contribution in [3.63, 3.8) is 0 Å². The molecule has 0 saturated heterocycles. The van der Waals surface area contributed by atoms with Crippen LogP contribution in [0.3, 0.4) is 0 Å². The van der Waals surface area contributed by atoms with Crippen LogP contribution in [0.2, 0.25) is 5.15 Å². The van der Waals surface area contributed by atoms with Crippen molar-refractivity contribution in [1.29, 1.82) is 0 Å². The summed E-state index contributed by atoms with van der Waals surface area (Å²) >= 11 is 7.16. The molecule has 0 bridgehead atoms. The average Bonchev–Trinajstić information content (AvgIpc) is 3.18. The van der Waals surface area contributed by atoms with Crippen molar-refractivity contribution in [1.82, 2.24) is 9.97 Å². The number of aromatic nitrogens is 2.